The van der Waals surface area contributed by atoms with Gasteiger partial charge >= 0.3 is 0 Å². The number of hydrogen-bond acceptors (Lipinski definition) is 3. The van der Waals surface area contributed by atoms with Gasteiger partial charge in [0.2, 0.25) is 0 Å². The maximum Gasteiger partial charge on any atom is 0.190 e. The summed E-state index contributed by atoms with van der Waals surface area (Å²) in [5.41, 5.74) is 0.408. The average molecular weight is 457 g/mol. The first kappa shape index (κ1) is 23.3. The number of ether oxygens (including phenoxy) is 1. The zero-order valence-electron chi connectivity index (χ0n) is 15.2. The highest BCUT2D eigenvalue weighted by Gasteiger charge is 2.33. The summed E-state index contributed by atoms with van der Waals surface area (Å²) >= 11 is 1.92. The zero-order chi connectivity index (χ0) is 16.1. The van der Waals surface area contributed by atoms with Crippen LogP contribution in [0.15, 0.2) is 4.99 Å². The van der Waals surface area contributed by atoms with E-state index in [1.807, 2.05) is 18.8 Å². The number of nitrogens with zero attached hydrogens (tertiary/aromatic N) is 1. The fourth-order valence-corrected chi connectivity index (χ4v) is 3.64. The van der Waals surface area contributed by atoms with Gasteiger partial charge in [0, 0.05) is 33.4 Å². The molecule has 6 heteroatoms. The van der Waals surface area contributed by atoms with Crippen molar-refractivity contribution in [3.8, 4) is 0 Å². The lowest BCUT2D eigenvalue weighted by atomic mass is 9.83. The van der Waals surface area contributed by atoms with Gasteiger partial charge in [-0.1, -0.05) is 12.8 Å². The topological polar surface area (TPSA) is 45.6 Å². The third-order valence-corrected chi connectivity index (χ3v) is 5.26. The Kier molecular flexibility index (Phi) is 14.8. The quantitative estimate of drug-likeness (QED) is 0.214. The van der Waals surface area contributed by atoms with Crippen LogP contribution < -0.4 is 10.6 Å². The molecular formula is C17H36IN3OS. The molecule has 0 heterocycles. The Hall–Kier alpha value is 0.310. The van der Waals surface area contributed by atoms with Crippen molar-refractivity contribution in [2.75, 3.05) is 45.4 Å². The van der Waals surface area contributed by atoms with Gasteiger partial charge < -0.3 is 15.4 Å². The van der Waals surface area contributed by atoms with Crippen LogP contribution in [0.5, 0.6) is 0 Å². The lowest BCUT2D eigenvalue weighted by molar-refractivity contribution is 0.105. The first-order valence-corrected chi connectivity index (χ1v) is 10.2. The predicted octanol–water partition coefficient (Wildman–Crippen LogP) is 3.90. The maximum absolute atomic E-state index is 5.58. The predicted molar refractivity (Wildman–Crippen MR) is 114 cm³/mol. The number of unbranched alkanes of at least 4 members (excludes halogenated alkanes) is 1. The highest BCUT2D eigenvalue weighted by atomic mass is 127. The Morgan fingerprint density at radius 1 is 1.22 bits per heavy atom. The molecular weight excluding hydrogens is 421 g/mol. The molecule has 0 radical (unpaired) electrons. The molecule has 0 aliphatic heterocycles. The first-order chi connectivity index (χ1) is 10.8. The van der Waals surface area contributed by atoms with E-state index in [1.165, 1.54) is 50.7 Å². The minimum atomic E-state index is 0. The van der Waals surface area contributed by atoms with E-state index in [0.29, 0.717) is 5.41 Å². The molecule has 0 aromatic carbocycles. The molecule has 0 saturated heterocycles. The number of thioether (sulfide) groups is 1. The summed E-state index contributed by atoms with van der Waals surface area (Å²) in [6.07, 6.45) is 11.1. The molecule has 1 aliphatic rings. The molecule has 1 rings (SSSR count). The van der Waals surface area contributed by atoms with E-state index in [0.717, 1.165) is 32.3 Å². The van der Waals surface area contributed by atoms with E-state index in [2.05, 4.69) is 28.8 Å². The van der Waals surface area contributed by atoms with Gasteiger partial charge in [-0.2, -0.15) is 11.8 Å². The Labute approximate surface area is 164 Å². The first-order valence-electron chi connectivity index (χ1n) is 8.77. The summed E-state index contributed by atoms with van der Waals surface area (Å²) in [6, 6.07) is 0. The lowest BCUT2D eigenvalue weighted by Gasteiger charge is -2.30. The number of rotatable bonds is 11. The summed E-state index contributed by atoms with van der Waals surface area (Å²) in [5.74, 6) is 2.20. The molecule has 2 N–H and O–H groups in total. The Bertz CT molecular complexity index is 310. The number of aliphatic imine (C=N–C) groups is 1. The Morgan fingerprint density at radius 2 is 1.96 bits per heavy atom. The number of hydrogen-bond donors (Lipinski definition) is 2. The molecule has 0 unspecified atom stereocenters. The average Bonchev–Trinajstić information content (AvgIpc) is 2.99. The van der Waals surface area contributed by atoms with Gasteiger partial charge in [0.15, 0.2) is 5.96 Å². The van der Waals surface area contributed by atoms with Gasteiger partial charge in [-0.15, -0.1) is 24.0 Å². The molecule has 1 saturated carbocycles. The van der Waals surface area contributed by atoms with Crippen LogP contribution >= 0.6 is 35.7 Å². The summed E-state index contributed by atoms with van der Waals surface area (Å²) in [5, 5.41) is 6.98. The Balaban J connectivity index is 0.00000484. The molecule has 1 fully saturated rings. The highest BCUT2D eigenvalue weighted by molar-refractivity contribution is 14.0. The van der Waals surface area contributed by atoms with Crippen LogP contribution in [-0.2, 0) is 4.74 Å². The second-order valence-corrected chi connectivity index (χ2v) is 7.19. The van der Waals surface area contributed by atoms with Crippen LogP contribution in [0.1, 0.15) is 51.9 Å². The van der Waals surface area contributed by atoms with E-state index >= 15 is 0 Å². The van der Waals surface area contributed by atoms with Crippen LogP contribution in [0.4, 0.5) is 0 Å². The van der Waals surface area contributed by atoms with Crippen LogP contribution in [-0.4, -0.2) is 51.3 Å². The van der Waals surface area contributed by atoms with Crippen molar-refractivity contribution in [3.05, 3.63) is 0 Å². The molecule has 23 heavy (non-hydrogen) atoms. The van der Waals surface area contributed by atoms with Crippen LogP contribution in [0.2, 0.25) is 0 Å². The van der Waals surface area contributed by atoms with Crippen molar-refractivity contribution in [2.45, 2.75) is 51.9 Å². The van der Waals surface area contributed by atoms with Crippen molar-refractivity contribution in [1.82, 2.24) is 10.6 Å². The normalized spacial score (nSPS) is 16.9. The van der Waals surface area contributed by atoms with Gasteiger partial charge in [0.05, 0.1) is 0 Å². The summed E-state index contributed by atoms with van der Waals surface area (Å²) in [7, 11) is 1.86. The van der Waals surface area contributed by atoms with E-state index in [1.54, 1.807) is 0 Å². The summed E-state index contributed by atoms with van der Waals surface area (Å²) in [4.78, 5) is 4.35. The van der Waals surface area contributed by atoms with Crippen molar-refractivity contribution in [3.63, 3.8) is 0 Å². The van der Waals surface area contributed by atoms with Crippen molar-refractivity contribution in [2.24, 2.45) is 10.4 Å². The molecule has 0 atom stereocenters. The highest BCUT2D eigenvalue weighted by Crippen LogP contribution is 2.40. The standard InChI is InChI=1S/C17H35N3OS.HI/c1-4-21-13-11-17(9-5-6-10-17)15-20-16(18-2)19-12-7-8-14-22-3;/h4-15H2,1-3H3,(H2,18,19,20);1H. The second-order valence-electron chi connectivity index (χ2n) is 6.21. The molecule has 0 aromatic rings. The second kappa shape index (κ2) is 14.6. The lowest BCUT2D eigenvalue weighted by Crippen LogP contribution is -2.43. The minimum absolute atomic E-state index is 0. The van der Waals surface area contributed by atoms with Crippen molar-refractivity contribution in [1.29, 1.82) is 0 Å². The number of halogens is 1. The van der Waals surface area contributed by atoms with Crippen molar-refractivity contribution < 1.29 is 4.74 Å². The molecule has 0 amide bonds. The fraction of sp³-hybridized carbons (Fsp3) is 0.941. The van der Waals surface area contributed by atoms with E-state index in [4.69, 9.17) is 4.74 Å². The van der Waals surface area contributed by atoms with Gasteiger partial charge in [-0.05, 0) is 56.5 Å². The third-order valence-electron chi connectivity index (χ3n) is 4.57. The van der Waals surface area contributed by atoms with E-state index in [-0.39, 0.29) is 24.0 Å². The number of guanidine groups is 1. The molecule has 0 bridgehead atoms. The molecule has 0 aromatic heterocycles. The molecule has 138 valence electrons. The maximum atomic E-state index is 5.58. The third kappa shape index (κ3) is 10.0. The van der Waals surface area contributed by atoms with Gasteiger partial charge in [-0.3, -0.25) is 4.99 Å². The van der Waals surface area contributed by atoms with Gasteiger partial charge in [0.25, 0.3) is 0 Å². The molecule has 0 spiro atoms. The summed E-state index contributed by atoms with van der Waals surface area (Å²) in [6.45, 7) is 5.81. The summed E-state index contributed by atoms with van der Waals surface area (Å²) < 4.78 is 5.58. The van der Waals surface area contributed by atoms with Crippen LogP contribution in [0.25, 0.3) is 0 Å². The van der Waals surface area contributed by atoms with E-state index in [9.17, 15) is 0 Å². The SMILES string of the molecule is CCOCCC1(CNC(=NC)NCCCCSC)CCCC1.I. The number of nitrogens with one attached hydrogen (secondary N) is 2. The molecule has 1 aliphatic carbocycles. The largest absolute Gasteiger partial charge is 0.382 e. The van der Waals surface area contributed by atoms with E-state index < -0.39 is 0 Å². The van der Waals surface area contributed by atoms with Gasteiger partial charge in [0.1, 0.15) is 0 Å². The minimum Gasteiger partial charge on any atom is -0.382 e. The van der Waals surface area contributed by atoms with Crippen molar-refractivity contribution >= 4 is 41.7 Å². The van der Waals surface area contributed by atoms with Crippen LogP contribution in [0, 0.1) is 5.41 Å². The fourth-order valence-electron chi connectivity index (χ4n) is 3.14. The Morgan fingerprint density at radius 3 is 2.57 bits per heavy atom. The zero-order valence-corrected chi connectivity index (χ0v) is 18.3. The smallest absolute Gasteiger partial charge is 0.190 e. The monoisotopic (exact) mass is 457 g/mol. The van der Waals surface area contributed by atoms with Crippen LogP contribution in [0.3, 0.4) is 0 Å². The van der Waals surface area contributed by atoms with Gasteiger partial charge in [-0.25, -0.2) is 0 Å². The molecule has 4 nitrogen and oxygen atoms in total.